The minimum Gasteiger partial charge on any atom is -0.257 e. The number of benzene rings is 2. The summed E-state index contributed by atoms with van der Waals surface area (Å²) in [7, 11) is -3.50. The molecule has 1 aliphatic heterocycles. The Morgan fingerprint density at radius 3 is 2.76 bits per heavy atom. The average molecular weight is 302 g/mol. The molecule has 0 fully saturated rings. The summed E-state index contributed by atoms with van der Waals surface area (Å²) in [6, 6.07) is 15.5. The lowest BCUT2D eigenvalue weighted by Gasteiger charge is -2.20. The highest BCUT2D eigenvalue weighted by Crippen LogP contribution is 2.29. The number of para-hydroxylation sites is 1. The van der Waals surface area contributed by atoms with E-state index in [0.29, 0.717) is 13.1 Å². The number of nitrogens with zero attached hydrogens (tertiary/aromatic N) is 1. The van der Waals surface area contributed by atoms with Gasteiger partial charge in [0.2, 0.25) is 0 Å². The van der Waals surface area contributed by atoms with Gasteiger partial charge in [-0.2, -0.15) is 13.1 Å². The minimum absolute atomic E-state index is 0.308. The van der Waals surface area contributed by atoms with Crippen molar-refractivity contribution in [1.82, 2.24) is 4.72 Å². The first-order chi connectivity index (χ1) is 10.1. The highest BCUT2D eigenvalue weighted by molar-refractivity contribution is 7.90. The van der Waals surface area contributed by atoms with E-state index in [0.717, 1.165) is 28.8 Å². The Bertz CT molecular complexity index is 756. The summed E-state index contributed by atoms with van der Waals surface area (Å²) in [5.74, 6) is 0. The molecule has 0 saturated carbocycles. The predicted octanol–water partition coefficient (Wildman–Crippen LogP) is 2.39. The van der Waals surface area contributed by atoms with Crippen LogP contribution in [0.1, 0.15) is 16.7 Å². The fourth-order valence-electron chi connectivity index (χ4n) is 2.63. The first-order valence-electron chi connectivity index (χ1n) is 6.97. The summed E-state index contributed by atoms with van der Waals surface area (Å²) >= 11 is 0. The Labute approximate surface area is 125 Å². The Morgan fingerprint density at radius 1 is 1.14 bits per heavy atom. The van der Waals surface area contributed by atoms with Gasteiger partial charge in [0.1, 0.15) is 0 Å². The lowest BCUT2D eigenvalue weighted by Crippen LogP contribution is -2.39. The lowest BCUT2D eigenvalue weighted by molar-refractivity contribution is 0.577. The van der Waals surface area contributed by atoms with E-state index in [2.05, 4.69) is 4.72 Å². The topological polar surface area (TPSA) is 49.4 Å². The molecule has 110 valence electrons. The third-order valence-electron chi connectivity index (χ3n) is 3.68. The summed E-state index contributed by atoms with van der Waals surface area (Å²) in [5.41, 5.74) is 3.96. The zero-order chi connectivity index (χ0) is 14.9. The van der Waals surface area contributed by atoms with Crippen LogP contribution in [-0.2, 0) is 23.2 Å². The van der Waals surface area contributed by atoms with Crippen molar-refractivity contribution in [2.75, 3.05) is 10.8 Å². The fourth-order valence-corrected chi connectivity index (χ4v) is 3.91. The van der Waals surface area contributed by atoms with Crippen LogP contribution in [0.2, 0.25) is 0 Å². The second-order valence-electron chi connectivity index (χ2n) is 5.27. The number of hydrogen-bond acceptors (Lipinski definition) is 2. The molecule has 0 atom stereocenters. The summed E-state index contributed by atoms with van der Waals surface area (Å²) < 4.78 is 29.1. The van der Waals surface area contributed by atoms with Crippen LogP contribution in [0, 0.1) is 6.92 Å². The van der Waals surface area contributed by atoms with Gasteiger partial charge in [0.15, 0.2) is 0 Å². The van der Waals surface area contributed by atoms with Crippen molar-refractivity contribution in [3.8, 4) is 0 Å². The van der Waals surface area contributed by atoms with Crippen molar-refractivity contribution in [3.05, 3.63) is 65.2 Å². The van der Waals surface area contributed by atoms with Gasteiger partial charge in [-0.05, 0) is 30.5 Å². The minimum atomic E-state index is -3.50. The molecule has 0 radical (unpaired) electrons. The molecule has 2 aromatic carbocycles. The Hall–Kier alpha value is -1.85. The number of anilines is 1. The van der Waals surface area contributed by atoms with Crippen LogP contribution in [0.25, 0.3) is 0 Å². The molecule has 1 N–H and O–H groups in total. The van der Waals surface area contributed by atoms with Gasteiger partial charge in [-0.3, -0.25) is 4.31 Å². The maximum Gasteiger partial charge on any atom is 0.301 e. The van der Waals surface area contributed by atoms with Crippen LogP contribution >= 0.6 is 0 Å². The van der Waals surface area contributed by atoms with Crippen molar-refractivity contribution in [3.63, 3.8) is 0 Å². The van der Waals surface area contributed by atoms with E-state index in [1.54, 1.807) is 0 Å². The molecule has 3 rings (SSSR count). The lowest BCUT2D eigenvalue weighted by atomic mass is 10.1. The molecule has 1 heterocycles. The molecule has 0 saturated heterocycles. The van der Waals surface area contributed by atoms with Gasteiger partial charge < -0.3 is 0 Å². The SMILES string of the molecule is Cc1cccc(CNS(=O)(=O)N2CCc3ccccc32)c1. The highest BCUT2D eigenvalue weighted by Gasteiger charge is 2.28. The molecular formula is C16H18N2O2S. The molecule has 0 bridgehead atoms. The van der Waals surface area contributed by atoms with E-state index in [4.69, 9.17) is 0 Å². The van der Waals surface area contributed by atoms with E-state index in [9.17, 15) is 8.42 Å². The normalized spacial score (nSPS) is 14.2. The van der Waals surface area contributed by atoms with Gasteiger partial charge in [-0.25, -0.2) is 0 Å². The zero-order valence-corrected chi connectivity index (χ0v) is 12.7. The van der Waals surface area contributed by atoms with Crippen LogP contribution in [-0.4, -0.2) is 15.0 Å². The molecule has 21 heavy (non-hydrogen) atoms. The van der Waals surface area contributed by atoms with Crippen LogP contribution in [0.3, 0.4) is 0 Å². The number of aryl methyl sites for hydroxylation is 1. The number of hydrogen-bond donors (Lipinski definition) is 1. The van der Waals surface area contributed by atoms with Gasteiger partial charge >= 0.3 is 10.2 Å². The van der Waals surface area contributed by atoms with Gasteiger partial charge in [0, 0.05) is 13.1 Å². The summed E-state index contributed by atoms with van der Waals surface area (Å²) in [6.45, 7) is 2.81. The first kappa shape index (κ1) is 14.1. The third-order valence-corrected chi connectivity index (χ3v) is 5.14. The van der Waals surface area contributed by atoms with Gasteiger partial charge in [-0.15, -0.1) is 0 Å². The Kier molecular flexibility index (Phi) is 3.69. The number of fused-ring (bicyclic) bond motifs is 1. The van der Waals surface area contributed by atoms with Crippen molar-refractivity contribution in [2.45, 2.75) is 19.9 Å². The largest absolute Gasteiger partial charge is 0.301 e. The molecule has 5 heteroatoms. The molecule has 0 unspecified atom stereocenters. The van der Waals surface area contributed by atoms with E-state index in [1.807, 2.05) is 55.5 Å². The van der Waals surface area contributed by atoms with Crippen LogP contribution in [0.4, 0.5) is 5.69 Å². The van der Waals surface area contributed by atoms with Crippen LogP contribution < -0.4 is 9.03 Å². The Morgan fingerprint density at radius 2 is 1.95 bits per heavy atom. The second-order valence-corrected chi connectivity index (χ2v) is 6.95. The van der Waals surface area contributed by atoms with Crippen molar-refractivity contribution >= 4 is 15.9 Å². The maximum atomic E-state index is 12.5. The van der Waals surface area contributed by atoms with Crippen molar-refractivity contribution in [2.24, 2.45) is 0 Å². The highest BCUT2D eigenvalue weighted by atomic mass is 32.2. The predicted molar refractivity (Wildman–Crippen MR) is 84.4 cm³/mol. The smallest absolute Gasteiger partial charge is 0.257 e. The molecule has 2 aromatic rings. The molecular weight excluding hydrogens is 284 g/mol. The molecule has 0 aliphatic carbocycles. The zero-order valence-electron chi connectivity index (χ0n) is 11.9. The average Bonchev–Trinajstić information content (AvgIpc) is 2.90. The van der Waals surface area contributed by atoms with E-state index in [1.165, 1.54) is 4.31 Å². The first-order valence-corrected chi connectivity index (χ1v) is 8.41. The van der Waals surface area contributed by atoms with E-state index >= 15 is 0 Å². The van der Waals surface area contributed by atoms with Crippen molar-refractivity contribution in [1.29, 1.82) is 0 Å². The van der Waals surface area contributed by atoms with Gasteiger partial charge in [0.25, 0.3) is 0 Å². The number of nitrogens with one attached hydrogen (secondary N) is 1. The third kappa shape index (κ3) is 2.94. The van der Waals surface area contributed by atoms with Gasteiger partial charge in [0.05, 0.1) is 5.69 Å². The standard InChI is InChI=1S/C16H18N2O2S/c1-13-5-4-6-14(11-13)12-17-21(19,20)18-10-9-15-7-2-3-8-16(15)18/h2-8,11,17H,9-10,12H2,1H3. The van der Waals surface area contributed by atoms with Crippen LogP contribution in [0.5, 0.6) is 0 Å². The Balaban J connectivity index is 1.76. The second kappa shape index (κ2) is 5.50. The quantitative estimate of drug-likeness (QED) is 0.943. The van der Waals surface area contributed by atoms with Crippen molar-refractivity contribution < 1.29 is 8.42 Å². The maximum absolute atomic E-state index is 12.5. The van der Waals surface area contributed by atoms with Gasteiger partial charge in [-0.1, -0.05) is 48.0 Å². The van der Waals surface area contributed by atoms with Crippen LogP contribution in [0.15, 0.2) is 48.5 Å². The summed E-state index contributed by atoms with van der Waals surface area (Å²) in [6.07, 6.45) is 0.765. The molecule has 0 amide bonds. The molecule has 4 nitrogen and oxygen atoms in total. The molecule has 1 aliphatic rings. The fraction of sp³-hybridized carbons (Fsp3) is 0.250. The molecule has 0 spiro atoms. The van der Waals surface area contributed by atoms with E-state index in [-0.39, 0.29) is 0 Å². The monoisotopic (exact) mass is 302 g/mol. The summed E-state index contributed by atoms with van der Waals surface area (Å²) in [4.78, 5) is 0. The van der Waals surface area contributed by atoms with E-state index < -0.39 is 10.2 Å². The summed E-state index contributed by atoms with van der Waals surface area (Å²) in [5, 5.41) is 0. The molecule has 0 aromatic heterocycles. The number of rotatable bonds is 4.